The van der Waals surface area contributed by atoms with E-state index in [1.807, 2.05) is 13.8 Å². The van der Waals surface area contributed by atoms with Crippen molar-refractivity contribution < 1.29 is 14.3 Å². The van der Waals surface area contributed by atoms with Gasteiger partial charge in [-0.2, -0.15) is 0 Å². The third-order valence-corrected chi connectivity index (χ3v) is 5.81. The second-order valence-corrected chi connectivity index (χ2v) is 8.46. The molecule has 1 rings (SSSR count). The van der Waals surface area contributed by atoms with Crippen LogP contribution in [-0.2, 0) is 20.7 Å². The van der Waals surface area contributed by atoms with E-state index in [4.69, 9.17) is 9.47 Å². The molecule has 0 bridgehead atoms. The van der Waals surface area contributed by atoms with Gasteiger partial charge in [0.05, 0.1) is 0 Å². The molecule has 1 aromatic rings. The van der Waals surface area contributed by atoms with Gasteiger partial charge in [0.2, 0.25) is 5.79 Å². The van der Waals surface area contributed by atoms with Crippen molar-refractivity contribution >= 4 is 5.78 Å². The van der Waals surface area contributed by atoms with Gasteiger partial charge in [-0.25, -0.2) is 0 Å². The van der Waals surface area contributed by atoms with Gasteiger partial charge < -0.3 is 9.47 Å². The molecule has 172 valence electrons. The van der Waals surface area contributed by atoms with Gasteiger partial charge in [0.1, 0.15) is 0 Å². The number of ketones is 1. The molecule has 0 spiro atoms. The van der Waals surface area contributed by atoms with E-state index in [1.165, 1.54) is 76.2 Å². The maximum Gasteiger partial charge on any atom is 0.225 e. The number of Topliss-reactive ketones (excluding diaryl/α,β-unsaturated/α-hetero) is 1. The van der Waals surface area contributed by atoms with Crippen LogP contribution in [0.4, 0.5) is 0 Å². The Morgan fingerprint density at radius 1 is 0.700 bits per heavy atom. The van der Waals surface area contributed by atoms with E-state index in [9.17, 15) is 4.79 Å². The second kappa shape index (κ2) is 17.5. The van der Waals surface area contributed by atoms with Crippen molar-refractivity contribution in [2.75, 3.05) is 13.2 Å². The van der Waals surface area contributed by atoms with E-state index in [1.54, 1.807) is 6.92 Å². The SMILES string of the molecule is CCOC(C)(OCC)C(=O)CCCCCCCCCCCCCCc1ccccc1. The minimum absolute atomic E-state index is 0.0787. The first-order valence-corrected chi connectivity index (χ1v) is 12.5. The van der Waals surface area contributed by atoms with Crippen molar-refractivity contribution in [3.8, 4) is 0 Å². The molecular formula is C27H46O3. The van der Waals surface area contributed by atoms with Crippen LogP contribution < -0.4 is 0 Å². The lowest BCUT2D eigenvalue weighted by Crippen LogP contribution is -2.41. The summed E-state index contributed by atoms with van der Waals surface area (Å²) >= 11 is 0. The van der Waals surface area contributed by atoms with Gasteiger partial charge in [-0.3, -0.25) is 4.79 Å². The van der Waals surface area contributed by atoms with Crippen LogP contribution in [0.15, 0.2) is 30.3 Å². The summed E-state index contributed by atoms with van der Waals surface area (Å²) in [4.78, 5) is 12.4. The van der Waals surface area contributed by atoms with E-state index in [-0.39, 0.29) is 5.78 Å². The zero-order valence-corrected chi connectivity index (χ0v) is 19.9. The van der Waals surface area contributed by atoms with Gasteiger partial charge in [-0.05, 0) is 45.6 Å². The highest BCUT2D eigenvalue weighted by atomic mass is 16.7. The molecule has 0 fully saturated rings. The topological polar surface area (TPSA) is 35.5 Å². The standard InChI is InChI=1S/C27H46O3/c1-4-29-27(3,30-5-2)26(28)24-20-15-13-11-9-7-6-8-10-12-14-17-21-25-22-18-16-19-23-25/h16,18-19,22-23H,4-15,17,20-21,24H2,1-3H3. The van der Waals surface area contributed by atoms with Crippen molar-refractivity contribution in [1.82, 2.24) is 0 Å². The van der Waals surface area contributed by atoms with Gasteiger partial charge in [-0.15, -0.1) is 0 Å². The average molecular weight is 419 g/mol. The molecule has 3 heteroatoms. The fourth-order valence-electron chi connectivity index (χ4n) is 4.01. The molecule has 30 heavy (non-hydrogen) atoms. The van der Waals surface area contributed by atoms with Crippen molar-refractivity contribution in [2.24, 2.45) is 0 Å². The van der Waals surface area contributed by atoms with Gasteiger partial charge in [0.15, 0.2) is 5.78 Å². The molecule has 0 saturated carbocycles. The Morgan fingerprint density at radius 3 is 1.60 bits per heavy atom. The molecule has 0 atom stereocenters. The van der Waals surface area contributed by atoms with Crippen molar-refractivity contribution in [1.29, 1.82) is 0 Å². The molecule has 0 radical (unpaired) electrons. The highest BCUT2D eigenvalue weighted by Crippen LogP contribution is 2.19. The lowest BCUT2D eigenvalue weighted by atomic mass is 10.0. The van der Waals surface area contributed by atoms with Gasteiger partial charge in [-0.1, -0.05) is 94.5 Å². The van der Waals surface area contributed by atoms with Crippen molar-refractivity contribution in [3.05, 3.63) is 35.9 Å². The molecule has 0 aliphatic carbocycles. The van der Waals surface area contributed by atoms with Crippen LogP contribution in [0.2, 0.25) is 0 Å². The molecule has 0 N–H and O–H groups in total. The zero-order chi connectivity index (χ0) is 21.9. The number of carbonyl (C=O) groups excluding carboxylic acids is 1. The zero-order valence-electron chi connectivity index (χ0n) is 19.9. The number of benzene rings is 1. The number of hydrogen-bond acceptors (Lipinski definition) is 3. The molecular weight excluding hydrogens is 372 g/mol. The second-order valence-electron chi connectivity index (χ2n) is 8.46. The van der Waals surface area contributed by atoms with Crippen LogP contribution in [0.25, 0.3) is 0 Å². The lowest BCUT2D eigenvalue weighted by Gasteiger charge is -2.27. The molecule has 0 aromatic heterocycles. The summed E-state index contributed by atoms with van der Waals surface area (Å²) in [5.74, 6) is -0.972. The normalized spacial score (nSPS) is 11.7. The Bertz CT molecular complexity index is 520. The Balaban J connectivity index is 1.87. The van der Waals surface area contributed by atoms with Gasteiger partial charge in [0, 0.05) is 19.6 Å². The number of hydrogen-bond donors (Lipinski definition) is 0. The predicted octanol–water partition coefficient (Wildman–Crippen LogP) is 7.66. The first-order chi connectivity index (χ1) is 14.6. The number of carbonyl (C=O) groups is 1. The van der Waals surface area contributed by atoms with Crippen LogP contribution in [0.3, 0.4) is 0 Å². The first-order valence-electron chi connectivity index (χ1n) is 12.5. The van der Waals surface area contributed by atoms with E-state index < -0.39 is 5.79 Å². The minimum Gasteiger partial charge on any atom is -0.344 e. The largest absolute Gasteiger partial charge is 0.344 e. The Morgan fingerprint density at radius 2 is 1.13 bits per heavy atom. The third kappa shape index (κ3) is 12.5. The average Bonchev–Trinajstić information content (AvgIpc) is 2.75. The van der Waals surface area contributed by atoms with E-state index in [0.29, 0.717) is 19.6 Å². The predicted molar refractivity (Wildman–Crippen MR) is 127 cm³/mol. The summed E-state index contributed by atoms with van der Waals surface area (Å²) < 4.78 is 11.1. The minimum atomic E-state index is -1.05. The summed E-state index contributed by atoms with van der Waals surface area (Å²) in [7, 11) is 0. The fourth-order valence-corrected chi connectivity index (χ4v) is 4.01. The lowest BCUT2D eigenvalue weighted by molar-refractivity contribution is -0.217. The number of aryl methyl sites for hydroxylation is 1. The van der Waals surface area contributed by atoms with Crippen molar-refractivity contribution in [2.45, 2.75) is 116 Å². The fraction of sp³-hybridized carbons (Fsp3) is 0.741. The highest BCUT2D eigenvalue weighted by Gasteiger charge is 2.33. The molecule has 0 aliphatic heterocycles. The Hall–Kier alpha value is -1.19. The van der Waals surface area contributed by atoms with Crippen LogP contribution in [0.5, 0.6) is 0 Å². The smallest absolute Gasteiger partial charge is 0.225 e. The number of unbranched alkanes of at least 4 members (excludes halogenated alkanes) is 11. The van der Waals surface area contributed by atoms with Gasteiger partial charge >= 0.3 is 0 Å². The quantitative estimate of drug-likeness (QED) is 0.161. The van der Waals surface area contributed by atoms with Crippen LogP contribution in [0, 0.1) is 0 Å². The molecule has 3 nitrogen and oxygen atoms in total. The van der Waals surface area contributed by atoms with Crippen LogP contribution >= 0.6 is 0 Å². The van der Waals surface area contributed by atoms with E-state index in [2.05, 4.69) is 30.3 Å². The highest BCUT2D eigenvalue weighted by molar-refractivity contribution is 5.85. The maximum atomic E-state index is 12.4. The van der Waals surface area contributed by atoms with E-state index in [0.717, 1.165) is 12.8 Å². The first kappa shape index (κ1) is 26.8. The molecule has 0 unspecified atom stereocenters. The third-order valence-electron chi connectivity index (χ3n) is 5.81. The summed E-state index contributed by atoms with van der Waals surface area (Å²) in [5, 5.41) is 0. The Kier molecular flexibility index (Phi) is 15.6. The summed E-state index contributed by atoms with van der Waals surface area (Å²) in [6.45, 7) is 6.55. The monoisotopic (exact) mass is 418 g/mol. The van der Waals surface area contributed by atoms with Crippen LogP contribution in [0.1, 0.15) is 110 Å². The molecule has 1 aromatic carbocycles. The van der Waals surface area contributed by atoms with Crippen molar-refractivity contribution in [3.63, 3.8) is 0 Å². The summed E-state index contributed by atoms with van der Waals surface area (Å²) in [6, 6.07) is 10.8. The molecule has 0 amide bonds. The summed E-state index contributed by atoms with van der Waals surface area (Å²) in [5.41, 5.74) is 1.47. The molecule has 0 heterocycles. The van der Waals surface area contributed by atoms with Gasteiger partial charge in [0.25, 0.3) is 0 Å². The summed E-state index contributed by atoms with van der Waals surface area (Å²) in [6.07, 6.45) is 17.3. The molecule has 0 aliphatic rings. The molecule has 0 saturated heterocycles. The number of rotatable bonds is 20. The maximum absolute atomic E-state index is 12.4. The van der Waals surface area contributed by atoms with E-state index >= 15 is 0 Å². The van der Waals surface area contributed by atoms with Crippen LogP contribution in [-0.4, -0.2) is 24.8 Å². The number of ether oxygens (including phenoxy) is 2. The Labute approximate surface area is 185 Å².